The van der Waals surface area contributed by atoms with E-state index in [-0.39, 0.29) is 11.9 Å². The monoisotopic (exact) mass is 340 g/mol. The summed E-state index contributed by atoms with van der Waals surface area (Å²) in [7, 11) is 0. The van der Waals surface area contributed by atoms with Crippen molar-refractivity contribution in [2.24, 2.45) is 11.8 Å². The highest BCUT2D eigenvalue weighted by atomic mass is 16.5. The molecule has 0 aliphatic heterocycles. The standard InChI is InChI=1S/C22H44O2/c1-5-7-18-21(6-2)22(23)24-19-16-14-12-10-8-9-11-13-15-17-20(3)4/h20-21H,5-19H2,1-4H3. The summed E-state index contributed by atoms with van der Waals surface area (Å²) in [5.41, 5.74) is 0. The quantitative estimate of drug-likeness (QED) is 0.205. The first-order valence-electron chi connectivity index (χ1n) is 10.8. The predicted molar refractivity (Wildman–Crippen MR) is 105 cm³/mol. The lowest BCUT2D eigenvalue weighted by Gasteiger charge is -2.13. The van der Waals surface area contributed by atoms with Crippen LogP contribution in [0.5, 0.6) is 0 Å². The first-order chi connectivity index (χ1) is 11.6. The van der Waals surface area contributed by atoms with Gasteiger partial charge in [-0.15, -0.1) is 0 Å². The molecule has 1 unspecified atom stereocenters. The summed E-state index contributed by atoms with van der Waals surface area (Å²) in [5.74, 6) is 1.02. The maximum absolute atomic E-state index is 12.0. The molecule has 0 aromatic rings. The molecule has 0 amide bonds. The van der Waals surface area contributed by atoms with Crippen LogP contribution in [0, 0.1) is 11.8 Å². The van der Waals surface area contributed by atoms with Gasteiger partial charge in [0.25, 0.3) is 0 Å². The van der Waals surface area contributed by atoms with Gasteiger partial charge in [-0.3, -0.25) is 4.79 Å². The number of carbonyl (C=O) groups is 1. The van der Waals surface area contributed by atoms with Crippen molar-refractivity contribution in [3.05, 3.63) is 0 Å². The second kappa shape index (κ2) is 17.3. The molecule has 0 saturated heterocycles. The number of ether oxygens (including phenoxy) is 1. The first-order valence-corrected chi connectivity index (χ1v) is 10.8. The first kappa shape index (κ1) is 23.5. The Bertz CT molecular complexity index is 273. The zero-order valence-corrected chi connectivity index (χ0v) is 17.1. The van der Waals surface area contributed by atoms with Crippen LogP contribution in [0.15, 0.2) is 0 Å². The minimum atomic E-state index is 0.0346. The Morgan fingerprint density at radius 3 is 1.79 bits per heavy atom. The van der Waals surface area contributed by atoms with Gasteiger partial charge in [0.15, 0.2) is 0 Å². The molecule has 0 N–H and O–H groups in total. The van der Waals surface area contributed by atoms with E-state index < -0.39 is 0 Å². The van der Waals surface area contributed by atoms with Gasteiger partial charge in [0, 0.05) is 0 Å². The van der Waals surface area contributed by atoms with E-state index in [2.05, 4.69) is 27.7 Å². The summed E-state index contributed by atoms with van der Waals surface area (Å²) >= 11 is 0. The number of carbonyl (C=O) groups excluding carboxylic acids is 1. The second-order valence-corrected chi connectivity index (χ2v) is 7.78. The molecule has 0 saturated carbocycles. The number of rotatable bonds is 17. The molecular formula is C22H44O2. The van der Waals surface area contributed by atoms with Crippen LogP contribution < -0.4 is 0 Å². The van der Waals surface area contributed by atoms with E-state index in [0.29, 0.717) is 6.61 Å². The van der Waals surface area contributed by atoms with Crippen molar-refractivity contribution in [3.63, 3.8) is 0 Å². The van der Waals surface area contributed by atoms with Crippen LogP contribution in [0.25, 0.3) is 0 Å². The summed E-state index contributed by atoms with van der Waals surface area (Å²) in [4.78, 5) is 12.0. The zero-order valence-electron chi connectivity index (χ0n) is 17.1. The smallest absolute Gasteiger partial charge is 0.308 e. The summed E-state index contributed by atoms with van der Waals surface area (Å²) in [6.45, 7) is 9.50. The Balaban J connectivity index is 3.33. The van der Waals surface area contributed by atoms with Crippen LogP contribution in [0.2, 0.25) is 0 Å². The number of unbranched alkanes of at least 4 members (excludes halogenated alkanes) is 9. The molecule has 0 bridgehead atoms. The Morgan fingerprint density at radius 1 is 0.750 bits per heavy atom. The molecule has 0 aliphatic rings. The SMILES string of the molecule is CCCCC(CC)C(=O)OCCCCCCCCCCCC(C)C. The highest BCUT2D eigenvalue weighted by Gasteiger charge is 2.16. The molecule has 24 heavy (non-hydrogen) atoms. The van der Waals surface area contributed by atoms with Gasteiger partial charge in [-0.25, -0.2) is 0 Å². The maximum Gasteiger partial charge on any atom is 0.308 e. The molecule has 144 valence electrons. The van der Waals surface area contributed by atoms with E-state index in [1.165, 1.54) is 57.8 Å². The van der Waals surface area contributed by atoms with E-state index in [0.717, 1.165) is 38.0 Å². The highest BCUT2D eigenvalue weighted by Crippen LogP contribution is 2.15. The minimum absolute atomic E-state index is 0.0346. The lowest BCUT2D eigenvalue weighted by Crippen LogP contribution is -2.17. The summed E-state index contributed by atoms with van der Waals surface area (Å²) in [6.07, 6.45) is 17.4. The van der Waals surface area contributed by atoms with Gasteiger partial charge in [-0.1, -0.05) is 98.3 Å². The molecular weight excluding hydrogens is 296 g/mol. The van der Waals surface area contributed by atoms with Gasteiger partial charge >= 0.3 is 5.97 Å². The van der Waals surface area contributed by atoms with Crippen molar-refractivity contribution < 1.29 is 9.53 Å². The highest BCUT2D eigenvalue weighted by molar-refractivity contribution is 5.72. The lowest BCUT2D eigenvalue weighted by molar-refractivity contribution is -0.149. The average molecular weight is 341 g/mol. The molecule has 0 heterocycles. The number of hydrogen-bond acceptors (Lipinski definition) is 2. The average Bonchev–Trinajstić information content (AvgIpc) is 2.56. The predicted octanol–water partition coefficient (Wildman–Crippen LogP) is 7.30. The number of hydrogen-bond donors (Lipinski definition) is 0. The van der Waals surface area contributed by atoms with Gasteiger partial charge in [-0.05, 0) is 25.2 Å². The Kier molecular flexibility index (Phi) is 16.9. The van der Waals surface area contributed by atoms with Crippen LogP contribution in [-0.2, 0) is 9.53 Å². The lowest BCUT2D eigenvalue weighted by atomic mass is 10.00. The maximum atomic E-state index is 12.0. The topological polar surface area (TPSA) is 26.3 Å². The van der Waals surface area contributed by atoms with Crippen LogP contribution >= 0.6 is 0 Å². The zero-order chi connectivity index (χ0) is 18.0. The minimum Gasteiger partial charge on any atom is -0.465 e. The van der Waals surface area contributed by atoms with Gasteiger partial charge in [0.2, 0.25) is 0 Å². The largest absolute Gasteiger partial charge is 0.465 e. The normalized spacial score (nSPS) is 12.5. The molecule has 0 aromatic heterocycles. The third-order valence-corrected chi connectivity index (χ3v) is 4.90. The molecule has 0 aromatic carbocycles. The van der Waals surface area contributed by atoms with E-state index in [9.17, 15) is 4.79 Å². The summed E-state index contributed by atoms with van der Waals surface area (Å²) in [6, 6.07) is 0. The third kappa shape index (κ3) is 15.0. The van der Waals surface area contributed by atoms with Gasteiger partial charge in [-0.2, -0.15) is 0 Å². The van der Waals surface area contributed by atoms with Crippen molar-refractivity contribution in [1.82, 2.24) is 0 Å². The molecule has 0 aliphatic carbocycles. The van der Waals surface area contributed by atoms with Crippen molar-refractivity contribution in [2.45, 2.75) is 118 Å². The second-order valence-electron chi connectivity index (χ2n) is 7.78. The molecule has 2 heteroatoms. The van der Waals surface area contributed by atoms with E-state index in [1.807, 2.05) is 0 Å². The van der Waals surface area contributed by atoms with Gasteiger partial charge in [0.1, 0.15) is 0 Å². The molecule has 1 atom stereocenters. The van der Waals surface area contributed by atoms with Crippen LogP contribution in [-0.4, -0.2) is 12.6 Å². The van der Waals surface area contributed by atoms with Crippen molar-refractivity contribution in [3.8, 4) is 0 Å². The molecule has 0 rings (SSSR count). The fourth-order valence-corrected chi connectivity index (χ4v) is 3.12. The molecule has 0 fully saturated rings. The molecule has 0 radical (unpaired) electrons. The van der Waals surface area contributed by atoms with Crippen LogP contribution in [0.3, 0.4) is 0 Å². The molecule has 2 nitrogen and oxygen atoms in total. The third-order valence-electron chi connectivity index (χ3n) is 4.90. The Hall–Kier alpha value is -0.530. The van der Waals surface area contributed by atoms with E-state index >= 15 is 0 Å². The van der Waals surface area contributed by atoms with Crippen molar-refractivity contribution >= 4 is 5.97 Å². The van der Waals surface area contributed by atoms with Gasteiger partial charge in [0.05, 0.1) is 12.5 Å². The van der Waals surface area contributed by atoms with Gasteiger partial charge < -0.3 is 4.74 Å². The van der Waals surface area contributed by atoms with Crippen molar-refractivity contribution in [2.75, 3.05) is 6.61 Å². The van der Waals surface area contributed by atoms with E-state index in [1.54, 1.807) is 0 Å². The fourth-order valence-electron chi connectivity index (χ4n) is 3.12. The van der Waals surface area contributed by atoms with Crippen molar-refractivity contribution in [1.29, 1.82) is 0 Å². The number of esters is 1. The Morgan fingerprint density at radius 2 is 1.29 bits per heavy atom. The Labute approximate surface area is 152 Å². The fraction of sp³-hybridized carbons (Fsp3) is 0.955. The molecule has 0 spiro atoms. The van der Waals surface area contributed by atoms with Crippen LogP contribution in [0.4, 0.5) is 0 Å². The summed E-state index contributed by atoms with van der Waals surface area (Å²) < 4.78 is 5.44. The summed E-state index contributed by atoms with van der Waals surface area (Å²) in [5, 5.41) is 0. The van der Waals surface area contributed by atoms with E-state index in [4.69, 9.17) is 4.74 Å². The van der Waals surface area contributed by atoms with Crippen LogP contribution in [0.1, 0.15) is 118 Å².